The van der Waals surface area contributed by atoms with Crippen molar-refractivity contribution in [1.29, 1.82) is 0 Å². The van der Waals surface area contributed by atoms with Crippen LogP contribution in [0.25, 0.3) is 0 Å². The molecule has 12 heavy (non-hydrogen) atoms. The number of unbranched alkanes of at least 4 members (excludes halogenated alkanes) is 1. The third-order valence-corrected chi connectivity index (χ3v) is 1.40. The van der Waals surface area contributed by atoms with E-state index in [0.717, 1.165) is 32.5 Å². The molecule has 0 bridgehead atoms. The highest BCUT2D eigenvalue weighted by molar-refractivity contribution is 5.77. The van der Waals surface area contributed by atoms with Crippen molar-refractivity contribution in [3.63, 3.8) is 0 Å². The molecule has 0 aromatic rings. The molecule has 0 aliphatic heterocycles. The van der Waals surface area contributed by atoms with Gasteiger partial charge in [-0.1, -0.05) is 0 Å². The number of hydrogen-bond acceptors (Lipinski definition) is 2. The van der Waals surface area contributed by atoms with Gasteiger partial charge in [-0.25, -0.2) is 0 Å². The van der Waals surface area contributed by atoms with Crippen LogP contribution in [-0.2, 0) is 4.74 Å². The maximum atomic E-state index is 5.51. The predicted octanol–water partition coefficient (Wildman–Crippen LogP) is 0.337. The number of aliphatic imine (C=N–C) groups is 1. The summed E-state index contributed by atoms with van der Waals surface area (Å²) in [5.74, 6) is 0.537. The molecule has 0 unspecified atom stereocenters. The van der Waals surface area contributed by atoms with E-state index in [-0.39, 0.29) is 0 Å². The first-order valence-electron chi connectivity index (χ1n) is 4.34. The maximum Gasteiger partial charge on any atom is 0.188 e. The molecule has 0 aliphatic rings. The molecule has 0 saturated heterocycles. The Hall–Kier alpha value is -0.770. The van der Waals surface area contributed by atoms with Crippen LogP contribution in [0.5, 0.6) is 0 Å². The second-order valence-corrected chi connectivity index (χ2v) is 2.50. The highest BCUT2D eigenvalue weighted by atomic mass is 16.5. The Morgan fingerprint density at radius 2 is 2.25 bits per heavy atom. The summed E-state index contributed by atoms with van der Waals surface area (Å²) in [4.78, 5) is 4.11. The van der Waals surface area contributed by atoms with Crippen molar-refractivity contribution in [2.45, 2.75) is 19.8 Å². The Morgan fingerprint density at radius 1 is 1.50 bits per heavy atom. The van der Waals surface area contributed by atoms with E-state index < -0.39 is 0 Å². The second kappa shape index (κ2) is 8.33. The molecule has 0 rings (SSSR count). The third kappa shape index (κ3) is 7.34. The molecule has 0 aliphatic carbocycles. The van der Waals surface area contributed by atoms with Gasteiger partial charge >= 0.3 is 0 Å². The van der Waals surface area contributed by atoms with Gasteiger partial charge in [0.2, 0.25) is 0 Å². The van der Waals surface area contributed by atoms with Gasteiger partial charge in [0.05, 0.1) is 0 Å². The van der Waals surface area contributed by atoms with Gasteiger partial charge in [-0.2, -0.15) is 0 Å². The molecule has 0 atom stereocenters. The van der Waals surface area contributed by atoms with Crippen LogP contribution in [0.15, 0.2) is 4.99 Å². The fourth-order valence-electron chi connectivity index (χ4n) is 0.795. The van der Waals surface area contributed by atoms with E-state index in [1.807, 2.05) is 6.92 Å². The molecule has 0 fully saturated rings. The third-order valence-electron chi connectivity index (χ3n) is 1.40. The van der Waals surface area contributed by atoms with Crippen molar-refractivity contribution >= 4 is 5.96 Å². The molecular weight excluding hydrogens is 154 g/mol. The van der Waals surface area contributed by atoms with Crippen LogP contribution >= 0.6 is 0 Å². The smallest absolute Gasteiger partial charge is 0.188 e. The van der Waals surface area contributed by atoms with Gasteiger partial charge < -0.3 is 15.8 Å². The number of rotatable bonds is 6. The molecule has 3 N–H and O–H groups in total. The van der Waals surface area contributed by atoms with Crippen LogP contribution in [0.2, 0.25) is 0 Å². The number of methoxy groups -OCH3 is 1. The average molecular weight is 173 g/mol. The van der Waals surface area contributed by atoms with Crippen molar-refractivity contribution in [3.05, 3.63) is 0 Å². The molecule has 72 valence electrons. The van der Waals surface area contributed by atoms with Crippen molar-refractivity contribution in [2.75, 3.05) is 26.8 Å². The molecule has 0 spiro atoms. The van der Waals surface area contributed by atoms with Crippen LogP contribution in [0.3, 0.4) is 0 Å². The average Bonchev–Trinajstić information content (AvgIpc) is 2.05. The number of nitrogens with one attached hydrogen (secondary N) is 1. The fraction of sp³-hybridized carbons (Fsp3) is 0.875. The highest BCUT2D eigenvalue weighted by Crippen LogP contribution is 1.88. The van der Waals surface area contributed by atoms with Gasteiger partial charge in [-0.05, 0) is 19.8 Å². The minimum Gasteiger partial charge on any atom is -0.385 e. The Kier molecular flexibility index (Phi) is 7.79. The van der Waals surface area contributed by atoms with Gasteiger partial charge in [-0.15, -0.1) is 0 Å². The minimum absolute atomic E-state index is 0.537. The summed E-state index contributed by atoms with van der Waals surface area (Å²) in [6, 6.07) is 0. The van der Waals surface area contributed by atoms with Crippen LogP contribution in [0, 0.1) is 0 Å². The summed E-state index contributed by atoms with van der Waals surface area (Å²) in [6.07, 6.45) is 2.07. The first-order chi connectivity index (χ1) is 5.81. The molecule has 0 saturated carbocycles. The van der Waals surface area contributed by atoms with E-state index >= 15 is 0 Å². The normalized spacial score (nSPS) is 11.7. The van der Waals surface area contributed by atoms with Gasteiger partial charge in [0.25, 0.3) is 0 Å². The van der Waals surface area contributed by atoms with Crippen molar-refractivity contribution in [2.24, 2.45) is 10.7 Å². The van der Waals surface area contributed by atoms with Crippen LogP contribution < -0.4 is 11.1 Å². The SMILES string of the molecule is CCNC(N)=NCCCCOC. The lowest BCUT2D eigenvalue weighted by molar-refractivity contribution is 0.193. The summed E-state index contributed by atoms with van der Waals surface area (Å²) in [6.45, 7) is 4.40. The lowest BCUT2D eigenvalue weighted by Gasteiger charge is -2.01. The van der Waals surface area contributed by atoms with Crippen LogP contribution in [0.1, 0.15) is 19.8 Å². The summed E-state index contributed by atoms with van der Waals surface area (Å²) < 4.78 is 4.90. The largest absolute Gasteiger partial charge is 0.385 e. The summed E-state index contributed by atoms with van der Waals surface area (Å²) in [5.41, 5.74) is 5.51. The monoisotopic (exact) mass is 173 g/mol. The van der Waals surface area contributed by atoms with Gasteiger partial charge in [0.15, 0.2) is 5.96 Å². The molecule has 0 aromatic heterocycles. The van der Waals surface area contributed by atoms with Crippen LogP contribution in [-0.4, -0.2) is 32.8 Å². The molecule has 4 heteroatoms. The number of nitrogens with two attached hydrogens (primary N) is 1. The molecule has 0 aromatic carbocycles. The Balaban J connectivity index is 3.21. The predicted molar refractivity (Wildman–Crippen MR) is 51.3 cm³/mol. The first kappa shape index (κ1) is 11.2. The number of nitrogens with zero attached hydrogens (tertiary/aromatic N) is 1. The number of guanidine groups is 1. The summed E-state index contributed by atoms with van der Waals surface area (Å²) >= 11 is 0. The molecular formula is C8H19N3O. The minimum atomic E-state index is 0.537. The fourth-order valence-corrected chi connectivity index (χ4v) is 0.795. The van der Waals surface area contributed by atoms with E-state index in [9.17, 15) is 0 Å². The Bertz CT molecular complexity index is 125. The second-order valence-electron chi connectivity index (χ2n) is 2.50. The van der Waals surface area contributed by atoms with Crippen LogP contribution in [0.4, 0.5) is 0 Å². The zero-order chi connectivity index (χ0) is 9.23. The summed E-state index contributed by atoms with van der Waals surface area (Å²) in [7, 11) is 1.70. The Labute approximate surface area is 74.2 Å². The van der Waals surface area contributed by atoms with Gasteiger partial charge in [0, 0.05) is 26.8 Å². The quantitative estimate of drug-likeness (QED) is 0.346. The molecule has 0 radical (unpaired) electrons. The molecule has 0 heterocycles. The van der Waals surface area contributed by atoms with E-state index in [4.69, 9.17) is 10.5 Å². The number of hydrogen-bond donors (Lipinski definition) is 2. The van der Waals surface area contributed by atoms with Gasteiger partial charge in [-0.3, -0.25) is 4.99 Å². The maximum absolute atomic E-state index is 5.51. The summed E-state index contributed by atoms with van der Waals surface area (Å²) in [5, 5.41) is 2.93. The van der Waals surface area contributed by atoms with E-state index in [2.05, 4.69) is 10.3 Å². The standard InChI is InChI=1S/C8H19N3O/c1-3-10-8(9)11-6-4-5-7-12-2/h3-7H2,1-2H3,(H3,9,10,11). The van der Waals surface area contributed by atoms with Gasteiger partial charge in [0.1, 0.15) is 0 Å². The first-order valence-corrected chi connectivity index (χ1v) is 4.34. The lowest BCUT2D eigenvalue weighted by Crippen LogP contribution is -2.31. The van der Waals surface area contributed by atoms with Crippen molar-refractivity contribution < 1.29 is 4.74 Å². The van der Waals surface area contributed by atoms with E-state index in [1.165, 1.54) is 0 Å². The van der Waals surface area contributed by atoms with E-state index in [1.54, 1.807) is 7.11 Å². The zero-order valence-corrected chi connectivity index (χ0v) is 7.97. The number of ether oxygens (including phenoxy) is 1. The van der Waals surface area contributed by atoms with Crippen molar-refractivity contribution in [1.82, 2.24) is 5.32 Å². The Morgan fingerprint density at radius 3 is 2.83 bits per heavy atom. The zero-order valence-electron chi connectivity index (χ0n) is 7.97. The van der Waals surface area contributed by atoms with Crippen molar-refractivity contribution in [3.8, 4) is 0 Å². The lowest BCUT2D eigenvalue weighted by atomic mass is 10.3. The topological polar surface area (TPSA) is 59.6 Å². The molecule has 4 nitrogen and oxygen atoms in total. The van der Waals surface area contributed by atoms with E-state index in [0.29, 0.717) is 5.96 Å². The molecule has 0 amide bonds. The highest BCUT2D eigenvalue weighted by Gasteiger charge is 1.88.